The Kier molecular flexibility index (Phi) is 4.37. The first-order valence-corrected chi connectivity index (χ1v) is 9.37. The van der Waals surface area contributed by atoms with E-state index in [9.17, 15) is 9.59 Å². The fourth-order valence-electron chi connectivity index (χ4n) is 2.75. The molecule has 136 valence electrons. The topological polar surface area (TPSA) is 88.0 Å². The maximum atomic E-state index is 12.5. The number of aromatic nitrogens is 2. The SMILES string of the molecule is CC(C)c1ccc(-c2nc(C(=O)Nc3ccc4oc(=O)[nH]c4c3)cs2)cc1. The third-order valence-corrected chi connectivity index (χ3v) is 5.13. The molecule has 0 aliphatic rings. The molecule has 2 aromatic carbocycles. The summed E-state index contributed by atoms with van der Waals surface area (Å²) in [4.78, 5) is 30.7. The van der Waals surface area contributed by atoms with E-state index in [0.29, 0.717) is 28.4 Å². The summed E-state index contributed by atoms with van der Waals surface area (Å²) in [5.41, 5.74) is 4.13. The van der Waals surface area contributed by atoms with Crippen LogP contribution in [0.15, 0.2) is 57.1 Å². The van der Waals surface area contributed by atoms with Crippen molar-refractivity contribution < 1.29 is 9.21 Å². The number of oxazole rings is 1. The minimum Gasteiger partial charge on any atom is -0.408 e. The van der Waals surface area contributed by atoms with Crippen LogP contribution in [0.4, 0.5) is 5.69 Å². The van der Waals surface area contributed by atoms with Crippen molar-refractivity contribution in [2.75, 3.05) is 5.32 Å². The van der Waals surface area contributed by atoms with E-state index in [-0.39, 0.29) is 5.91 Å². The number of H-pyrrole nitrogens is 1. The summed E-state index contributed by atoms with van der Waals surface area (Å²) in [6.07, 6.45) is 0. The van der Waals surface area contributed by atoms with Gasteiger partial charge in [0.2, 0.25) is 0 Å². The highest BCUT2D eigenvalue weighted by Crippen LogP contribution is 2.26. The summed E-state index contributed by atoms with van der Waals surface area (Å²) >= 11 is 1.43. The Morgan fingerprint density at radius 2 is 1.96 bits per heavy atom. The van der Waals surface area contributed by atoms with Gasteiger partial charge in [-0.05, 0) is 29.7 Å². The Morgan fingerprint density at radius 3 is 2.70 bits per heavy atom. The van der Waals surface area contributed by atoms with Gasteiger partial charge in [0.25, 0.3) is 5.91 Å². The van der Waals surface area contributed by atoms with Gasteiger partial charge in [-0.1, -0.05) is 38.1 Å². The molecule has 0 bridgehead atoms. The number of amides is 1. The Labute approximate surface area is 158 Å². The number of carbonyl (C=O) groups is 1. The number of nitrogens with one attached hydrogen (secondary N) is 2. The highest BCUT2D eigenvalue weighted by Gasteiger charge is 2.13. The molecule has 0 saturated heterocycles. The highest BCUT2D eigenvalue weighted by atomic mass is 32.1. The van der Waals surface area contributed by atoms with Gasteiger partial charge in [0.15, 0.2) is 5.58 Å². The van der Waals surface area contributed by atoms with Crippen LogP contribution in [-0.2, 0) is 0 Å². The van der Waals surface area contributed by atoms with Crippen LogP contribution in [0.5, 0.6) is 0 Å². The van der Waals surface area contributed by atoms with Crippen LogP contribution < -0.4 is 11.1 Å². The fourth-order valence-corrected chi connectivity index (χ4v) is 3.55. The van der Waals surface area contributed by atoms with Crippen molar-refractivity contribution in [2.24, 2.45) is 0 Å². The van der Waals surface area contributed by atoms with E-state index in [1.807, 2.05) is 12.1 Å². The number of rotatable bonds is 4. The molecular formula is C20H17N3O3S. The summed E-state index contributed by atoms with van der Waals surface area (Å²) in [7, 11) is 0. The number of nitrogens with zero attached hydrogens (tertiary/aromatic N) is 1. The zero-order valence-corrected chi connectivity index (χ0v) is 15.6. The van der Waals surface area contributed by atoms with Crippen molar-refractivity contribution in [2.45, 2.75) is 19.8 Å². The predicted octanol–water partition coefficient (Wildman–Crippen LogP) is 4.62. The predicted molar refractivity (Wildman–Crippen MR) is 106 cm³/mol. The average Bonchev–Trinajstić information content (AvgIpc) is 3.27. The molecule has 6 nitrogen and oxygen atoms in total. The van der Waals surface area contributed by atoms with Crippen LogP contribution in [0.2, 0.25) is 0 Å². The van der Waals surface area contributed by atoms with Crippen molar-refractivity contribution >= 4 is 34.0 Å². The van der Waals surface area contributed by atoms with E-state index in [0.717, 1.165) is 10.6 Å². The first-order chi connectivity index (χ1) is 13.0. The third-order valence-electron chi connectivity index (χ3n) is 4.24. The zero-order valence-electron chi connectivity index (χ0n) is 14.8. The molecule has 2 aromatic heterocycles. The third kappa shape index (κ3) is 3.54. The van der Waals surface area contributed by atoms with Crippen molar-refractivity contribution in [1.29, 1.82) is 0 Å². The molecule has 0 radical (unpaired) electrons. The van der Waals surface area contributed by atoms with E-state index >= 15 is 0 Å². The van der Waals surface area contributed by atoms with E-state index < -0.39 is 5.76 Å². The van der Waals surface area contributed by atoms with Crippen molar-refractivity contribution in [3.8, 4) is 10.6 Å². The lowest BCUT2D eigenvalue weighted by atomic mass is 10.0. The molecule has 0 aliphatic heterocycles. The first kappa shape index (κ1) is 17.2. The molecule has 4 rings (SSSR count). The molecule has 0 spiro atoms. The lowest BCUT2D eigenvalue weighted by Gasteiger charge is -2.05. The Balaban J connectivity index is 1.53. The minimum atomic E-state index is -0.527. The van der Waals surface area contributed by atoms with Gasteiger partial charge < -0.3 is 9.73 Å². The molecule has 0 saturated carbocycles. The summed E-state index contributed by atoms with van der Waals surface area (Å²) < 4.78 is 4.95. The Bertz CT molecular complexity index is 1170. The van der Waals surface area contributed by atoms with Crippen molar-refractivity contribution in [3.63, 3.8) is 0 Å². The second-order valence-corrected chi connectivity index (χ2v) is 7.35. The van der Waals surface area contributed by atoms with Crippen LogP contribution >= 0.6 is 11.3 Å². The number of benzene rings is 2. The van der Waals surface area contributed by atoms with Gasteiger partial charge in [-0.15, -0.1) is 11.3 Å². The number of aromatic amines is 1. The van der Waals surface area contributed by atoms with Gasteiger partial charge in [-0.3, -0.25) is 9.78 Å². The van der Waals surface area contributed by atoms with Gasteiger partial charge in [-0.2, -0.15) is 0 Å². The molecule has 2 N–H and O–H groups in total. The smallest absolute Gasteiger partial charge is 0.408 e. The molecule has 0 aliphatic carbocycles. The Hall–Kier alpha value is -3.19. The molecule has 27 heavy (non-hydrogen) atoms. The van der Waals surface area contributed by atoms with E-state index in [1.165, 1.54) is 16.9 Å². The standard InChI is InChI=1S/C20H17N3O3S/c1-11(2)12-3-5-13(6-4-12)19-22-16(10-27-19)18(24)21-14-7-8-17-15(9-14)23-20(25)26-17/h3-11H,1-2H3,(H,21,24)(H,23,25). The zero-order chi connectivity index (χ0) is 19.0. The van der Waals surface area contributed by atoms with Crippen molar-refractivity contribution in [1.82, 2.24) is 9.97 Å². The highest BCUT2D eigenvalue weighted by molar-refractivity contribution is 7.13. The molecule has 1 amide bonds. The van der Waals surface area contributed by atoms with E-state index in [2.05, 4.69) is 41.3 Å². The van der Waals surface area contributed by atoms with Crippen LogP contribution in [-0.4, -0.2) is 15.9 Å². The summed E-state index contributed by atoms with van der Waals surface area (Å²) in [6, 6.07) is 13.2. The quantitative estimate of drug-likeness (QED) is 0.541. The Morgan fingerprint density at radius 1 is 1.19 bits per heavy atom. The second kappa shape index (κ2) is 6.85. The first-order valence-electron chi connectivity index (χ1n) is 8.49. The lowest BCUT2D eigenvalue weighted by molar-refractivity contribution is 0.102. The average molecular weight is 379 g/mol. The summed E-state index contributed by atoms with van der Waals surface area (Å²) in [5, 5.41) is 5.32. The number of fused-ring (bicyclic) bond motifs is 1. The van der Waals surface area contributed by atoms with Crippen molar-refractivity contribution in [3.05, 3.63) is 69.7 Å². The van der Waals surface area contributed by atoms with Crippen LogP contribution in [0, 0.1) is 0 Å². The van der Waals surface area contributed by atoms with Gasteiger partial charge in [-0.25, -0.2) is 9.78 Å². The number of hydrogen-bond donors (Lipinski definition) is 2. The van der Waals surface area contributed by atoms with Gasteiger partial charge in [0, 0.05) is 16.6 Å². The summed E-state index contributed by atoms with van der Waals surface area (Å²) in [5.74, 6) is -0.359. The number of hydrogen-bond acceptors (Lipinski definition) is 5. The molecule has 7 heteroatoms. The second-order valence-electron chi connectivity index (χ2n) is 6.49. The molecular weight excluding hydrogens is 362 g/mol. The van der Waals surface area contributed by atoms with Gasteiger partial charge >= 0.3 is 5.76 Å². The minimum absolute atomic E-state index is 0.304. The number of carbonyl (C=O) groups excluding carboxylic acids is 1. The van der Waals surface area contributed by atoms with E-state index in [1.54, 1.807) is 23.6 Å². The summed E-state index contributed by atoms with van der Waals surface area (Å²) in [6.45, 7) is 4.30. The maximum absolute atomic E-state index is 12.5. The van der Waals surface area contributed by atoms with Crippen LogP contribution in [0.25, 0.3) is 21.7 Å². The molecule has 0 atom stereocenters. The van der Waals surface area contributed by atoms with Gasteiger partial charge in [0.1, 0.15) is 10.7 Å². The normalized spacial score (nSPS) is 11.2. The molecule has 0 unspecified atom stereocenters. The van der Waals surface area contributed by atoms with Gasteiger partial charge in [0.05, 0.1) is 5.52 Å². The maximum Gasteiger partial charge on any atom is 0.417 e. The largest absolute Gasteiger partial charge is 0.417 e. The monoisotopic (exact) mass is 379 g/mol. The molecule has 0 fully saturated rings. The van der Waals surface area contributed by atoms with Crippen LogP contribution in [0.3, 0.4) is 0 Å². The number of thiazole rings is 1. The molecule has 4 aromatic rings. The lowest BCUT2D eigenvalue weighted by Crippen LogP contribution is -2.12. The number of anilines is 1. The fraction of sp³-hybridized carbons (Fsp3) is 0.150. The van der Waals surface area contributed by atoms with E-state index in [4.69, 9.17) is 4.42 Å². The molecule has 2 heterocycles. The van der Waals surface area contributed by atoms with Crippen LogP contribution in [0.1, 0.15) is 35.8 Å².